The normalized spacial score (nSPS) is 16.4. The van der Waals surface area contributed by atoms with Gasteiger partial charge in [-0.25, -0.2) is 0 Å². The highest BCUT2D eigenvalue weighted by Gasteiger charge is 2.24. The Morgan fingerprint density at radius 3 is 2.75 bits per heavy atom. The zero-order valence-corrected chi connectivity index (χ0v) is 13.2. The van der Waals surface area contributed by atoms with E-state index in [1.807, 2.05) is 6.07 Å². The second-order valence-electron chi connectivity index (χ2n) is 5.13. The van der Waals surface area contributed by atoms with Crippen LogP contribution >= 0.6 is 15.9 Å². The van der Waals surface area contributed by atoms with E-state index in [2.05, 4.69) is 33.1 Å². The van der Waals surface area contributed by atoms with Crippen LogP contribution in [0.4, 0.5) is 11.4 Å². The van der Waals surface area contributed by atoms with Crippen LogP contribution in [0.5, 0.6) is 0 Å². The maximum absolute atomic E-state index is 11.1. The smallest absolute Gasteiger partial charge is 0.292 e. The van der Waals surface area contributed by atoms with Gasteiger partial charge in [0, 0.05) is 23.6 Å². The van der Waals surface area contributed by atoms with Crippen LogP contribution in [0.3, 0.4) is 0 Å². The molecule has 0 spiro atoms. The molecule has 0 unspecified atom stereocenters. The molecule has 5 nitrogen and oxygen atoms in total. The van der Waals surface area contributed by atoms with Crippen LogP contribution in [0.1, 0.15) is 19.8 Å². The van der Waals surface area contributed by atoms with Gasteiger partial charge in [0.2, 0.25) is 0 Å². The number of nitro groups is 1. The lowest BCUT2D eigenvalue weighted by Crippen LogP contribution is -2.37. The molecule has 1 aliphatic heterocycles. The molecule has 110 valence electrons. The highest BCUT2D eigenvalue weighted by atomic mass is 79.9. The number of hydrogen-bond acceptors (Lipinski definition) is 4. The Kier molecular flexibility index (Phi) is 5.37. The van der Waals surface area contributed by atoms with Crippen LogP contribution in [-0.4, -0.2) is 31.1 Å². The summed E-state index contributed by atoms with van der Waals surface area (Å²) in [7, 11) is 0. The predicted octanol–water partition coefficient (Wildman–Crippen LogP) is 3.18. The molecule has 1 fully saturated rings. The Hall–Kier alpha value is -1.14. The molecule has 1 saturated heterocycles. The second-order valence-corrected chi connectivity index (χ2v) is 6.04. The number of nitrogens with one attached hydrogen (secondary N) is 1. The molecule has 1 heterocycles. The summed E-state index contributed by atoms with van der Waals surface area (Å²) in [6.45, 7) is 5.92. The SMILES string of the molecule is CCNCC1CCN(c2cc(Br)ccc2[N+](=O)[O-])CC1. The molecule has 1 N–H and O–H groups in total. The third-order valence-electron chi connectivity index (χ3n) is 3.77. The topological polar surface area (TPSA) is 58.4 Å². The number of halogens is 1. The third kappa shape index (κ3) is 3.70. The van der Waals surface area contributed by atoms with E-state index < -0.39 is 0 Å². The maximum atomic E-state index is 11.1. The lowest BCUT2D eigenvalue weighted by Gasteiger charge is -2.33. The molecule has 1 aliphatic rings. The van der Waals surface area contributed by atoms with Crippen molar-refractivity contribution in [3.05, 3.63) is 32.8 Å². The molecular formula is C14H20BrN3O2. The second kappa shape index (κ2) is 7.04. The lowest BCUT2D eigenvalue weighted by atomic mass is 9.96. The first-order chi connectivity index (χ1) is 9.61. The van der Waals surface area contributed by atoms with Crippen molar-refractivity contribution in [2.45, 2.75) is 19.8 Å². The number of nitrogens with zero attached hydrogens (tertiary/aromatic N) is 2. The Labute approximate surface area is 127 Å². The highest BCUT2D eigenvalue weighted by molar-refractivity contribution is 9.10. The fourth-order valence-electron chi connectivity index (χ4n) is 2.63. The zero-order valence-electron chi connectivity index (χ0n) is 11.6. The molecule has 0 saturated carbocycles. The molecule has 20 heavy (non-hydrogen) atoms. The molecule has 2 rings (SSSR count). The average Bonchev–Trinajstić information content (AvgIpc) is 2.45. The van der Waals surface area contributed by atoms with Crippen molar-refractivity contribution in [2.75, 3.05) is 31.1 Å². The minimum Gasteiger partial charge on any atom is -0.366 e. The van der Waals surface area contributed by atoms with Gasteiger partial charge in [0.15, 0.2) is 0 Å². The van der Waals surface area contributed by atoms with Crippen molar-refractivity contribution in [1.82, 2.24) is 5.32 Å². The Balaban J connectivity index is 2.06. The van der Waals surface area contributed by atoms with Gasteiger partial charge in [0.25, 0.3) is 5.69 Å². The van der Waals surface area contributed by atoms with E-state index >= 15 is 0 Å². The minimum atomic E-state index is -0.299. The molecule has 1 aromatic carbocycles. The third-order valence-corrected chi connectivity index (χ3v) is 4.27. The van der Waals surface area contributed by atoms with Gasteiger partial charge in [-0.1, -0.05) is 22.9 Å². The standard InChI is InChI=1S/C14H20BrN3O2/c1-2-16-10-11-5-7-17(8-6-11)14-9-12(15)3-4-13(14)18(19)20/h3-4,9,11,16H,2,5-8,10H2,1H3. The van der Waals surface area contributed by atoms with Crippen LogP contribution in [-0.2, 0) is 0 Å². The molecule has 6 heteroatoms. The summed E-state index contributed by atoms with van der Waals surface area (Å²) < 4.78 is 0.882. The summed E-state index contributed by atoms with van der Waals surface area (Å²) in [5, 5.41) is 14.5. The molecule has 0 radical (unpaired) electrons. The van der Waals surface area contributed by atoms with Gasteiger partial charge in [-0.3, -0.25) is 10.1 Å². The van der Waals surface area contributed by atoms with Crippen molar-refractivity contribution in [3.8, 4) is 0 Å². The molecular weight excluding hydrogens is 322 g/mol. The summed E-state index contributed by atoms with van der Waals surface area (Å²) in [6, 6.07) is 5.15. The Morgan fingerprint density at radius 2 is 2.15 bits per heavy atom. The van der Waals surface area contributed by atoms with Gasteiger partial charge in [-0.2, -0.15) is 0 Å². The van der Waals surface area contributed by atoms with E-state index in [0.717, 1.165) is 49.2 Å². The number of benzene rings is 1. The molecule has 0 atom stereocenters. The Bertz CT molecular complexity index is 473. The molecule has 0 aromatic heterocycles. The number of hydrogen-bond donors (Lipinski definition) is 1. The van der Waals surface area contributed by atoms with Crippen LogP contribution < -0.4 is 10.2 Å². The van der Waals surface area contributed by atoms with Crippen molar-refractivity contribution >= 4 is 27.3 Å². The summed E-state index contributed by atoms with van der Waals surface area (Å²) in [5.41, 5.74) is 0.921. The predicted molar refractivity (Wildman–Crippen MR) is 84.3 cm³/mol. The maximum Gasteiger partial charge on any atom is 0.292 e. The van der Waals surface area contributed by atoms with E-state index in [1.165, 1.54) is 0 Å². The molecule has 0 amide bonds. The van der Waals surface area contributed by atoms with Gasteiger partial charge in [0.05, 0.1) is 4.92 Å². The monoisotopic (exact) mass is 341 g/mol. The Morgan fingerprint density at radius 1 is 1.45 bits per heavy atom. The van der Waals surface area contributed by atoms with Crippen LogP contribution in [0, 0.1) is 16.0 Å². The van der Waals surface area contributed by atoms with Crippen molar-refractivity contribution in [3.63, 3.8) is 0 Å². The van der Waals surface area contributed by atoms with Crippen LogP contribution in [0.15, 0.2) is 22.7 Å². The zero-order chi connectivity index (χ0) is 14.5. The first kappa shape index (κ1) is 15.3. The van der Waals surface area contributed by atoms with Gasteiger partial charge in [0.1, 0.15) is 5.69 Å². The van der Waals surface area contributed by atoms with Crippen LogP contribution in [0.25, 0.3) is 0 Å². The number of nitro benzene ring substituents is 1. The number of piperidine rings is 1. The highest BCUT2D eigenvalue weighted by Crippen LogP contribution is 2.33. The van der Waals surface area contributed by atoms with E-state index in [9.17, 15) is 10.1 Å². The van der Waals surface area contributed by atoms with E-state index in [4.69, 9.17) is 0 Å². The van der Waals surface area contributed by atoms with Crippen LogP contribution in [0.2, 0.25) is 0 Å². The van der Waals surface area contributed by atoms with Crippen molar-refractivity contribution < 1.29 is 4.92 Å². The van der Waals surface area contributed by atoms with Gasteiger partial charge in [-0.05, 0) is 44.0 Å². The quantitative estimate of drug-likeness (QED) is 0.660. The molecule has 0 aliphatic carbocycles. The van der Waals surface area contributed by atoms with Gasteiger partial charge in [-0.15, -0.1) is 0 Å². The van der Waals surface area contributed by atoms with Gasteiger partial charge < -0.3 is 10.2 Å². The number of rotatable bonds is 5. The van der Waals surface area contributed by atoms with E-state index in [1.54, 1.807) is 12.1 Å². The molecule has 0 bridgehead atoms. The van der Waals surface area contributed by atoms with E-state index in [-0.39, 0.29) is 10.6 Å². The lowest BCUT2D eigenvalue weighted by molar-refractivity contribution is -0.384. The summed E-state index contributed by atoms with van der Waals surface area (Å²) in [6.07, 6.45) is 2.16. The largest absolute Gasteiger partial charge is 0.366 e. The van der Waals surface area contributed by atoms with E-state index in [0.29, 0.717) is 5.92 Å². The fraction of sp³-hybridized carbons (Fsp3) is 0.571. The first-order valence-electron chi connectivity index (χ1n) is 7.01. The first-order valence-corrected chi connectivity index (χ1v) is 7.80. The summed E-state index contributed by atoms with van der Waals surface area (Å²) in [4.78, 5) is 13.0. The minimum absolute atomic E-state index is 0.193. The fourth-order valence-corrected chi connectivity index (χ4v) is 2.98. The summed E-state index contributed by atoms with van der Waals surface area (Å²) >= 11 is 3.40. The summed E-state index contributed by atoms with van der Waals surface area (Å²) in [5.74, 6) is 0.678. The average molecular weight is 342 g/mol. The van der Waals surface area contributed by atoms with Crippen molar-refractivity contribution in [1.29, 1.82) is 0 Å². The molecule has 1 aromatic rings. The van der Waals surface area contributed by atoms with Gasteiger partial charge >= 0.3 is 0 Å². The van der Waals surface area contributed by atoms with Crippen molar-refractivity contribution in [2.24, 2.45) is 5.92 Å². The number of anilines is 1.